The molecule has 0 bridgehead atoms. The normalized spacial score (nSPS) is 10.5. The van der Waals surface area contributed by atoms with E-state index >= 15 is 0 Å². The number of aromatic nitrogens is 3. The molecule has 3 aromatic rings. The summed E-state index contributed by atoms with van der Waals surface area (Å²) >= 11 is 0. The maximum Gasteiger partial charge on any atom is 0.327 e. The zero-order valence-electron chi connectivity index (χ0n) is 10.2. The summed E-state index contributed by atoms with van der Waals surface area (Å²) in [4.78, 5) is 20.0. The van der Waals surface area contributed by atoms with Crippen LogP contribution in [0.1, 0.15) is 5.56 Å². The second-order valence-electron chi connectivity index (χ2n) is 4.12. The van der Waals surface area contributed by atoms with Crippen molar-refractivity contribution in [2.75, 3.05) is 0 Å². The molecule has 0 aliphatic carbocycles. The van der Waals surface area contributed by atoms with Crippen LogP contribution in [-0.2, 0) is 6.54 Å². The van der Waals surface area contributed by atoms with Gasteiger partial charge in [0, 0.05) is 30.5 Å². The zero-order valence-corrected chi connectivity index (χ0v) is 10.2. The van der Waals surface area contributed by atoms with Crippen molar-refractivity contribution in [3.8, 4) is 0 Å². The summed E-state index contributed by atoms with van der Waals surface area (Å²) < 4.78 is 1.40. The smallest absolute Gasteiger partial charge is 0.327 e. The van der Waals surface area contributed by atoms with E-state index < -0.39 is 0 Å². The lowest BCUT2D eigenvalue weighted by molar-refractivity contribution is 0.242. The Balaban J connectivity index is 1.81. The molecule has 0 saturated carbocycles. The predicted octanol–water partition coefficient (Wildman–Crippen LogP) is 2.19. The Kier molecular flexibility index (Phi) is 2.94. The average Bonchev–Trinajstić information content (AvgIpc) is 2.99. The largest absolute Gasteiger partial charge is 0.333 e. The van der Waals surface area contributed by atoms with E-state index in [-0.39, 0.29) is 6.03 Å². The molecular weight excluding hydrogens is 240 g/mol. The maximum absolute atomic E-state index is 11.8. The molecule has 0 radical (unpaired) electrons. The molecule has 0 spiro atoms. The van der Waals surface area contributed by atoms with Gasteiger partial charge in [-0.1, -0.05) is 24.3 Å². The molecule has 94 valence electrons. The van der Waals surface area contributed by atoms with Crippen molar-refractivity contribution in [2.24, 2.45) is 0 Å². The van der Waals surface area contributed by atoms with Crippen LogP contribution in [0.2, 0.25) is 0 Å². The molecular formula is C14H12N4O. The average molecular weight is 252 g/mol. The van der Waals surface area contributed by atoms with Gasteiger partial charge in [-0.2, -0.15) is 0 Å². The highest BCUT2D eigenvalue weighted by atomic mass is 16.2. The summed E-state index contributed by atoms with van der Waals surface area (Å²) in [6, 6.07) is 9.63. The van der Waals surface area contributed by atoms with Crippen LogP contribution in [-0.4, -0.2) is 20.6 Å². The van der Waals surface area contributed by atoms with Gasteiger partial charge >= 0.3 is 6.03 Å². The standard InChI is InChI=1S/C14H12N4O/c19-14(18-8-7-15-10-18)17-9-12-4-1-3-11-5-2-6-16-13(11)12/h1-8,10H,9H2,(H,17,19). The first-order valence-corrected chi connectivity index (χ1v) is 5.93. The number of pyridine rings is 1. The third-order valence-corrected chi connectivity index (χ3v) is 2.89. The molecule has 1 amide bonds. The van der Waals surface area contributed by atoms with Crippen LogP contribution in [0.3, 0.4) is 0 Å². The molecule has 2 heterocycles. The van der Waals surface area contributed by atoms with Gasteiger partial charge < -0.3 is 5.32 Å². The minimum absolute atomic E-state index is 0.203. The molecule has 0 aliphatic rings. The quantitative estimate of drug-likeness (QED) is 0.760. The highest BCUT2D eigenvalue weighted by Gasteiger charge is 2.05. The van der Waals surface area contributed by atoms with Gasteiger partial charge in [-0.05, 0) is 11.6 Å². The Labute approximate surface area is 109 Å². The summed E-state index contributed by atoms with van der Waals surface area (Å²) in [6.45, 7) is 0.436. The molecule has 0 fully saturated rings. The van der Waals surface area contributed by atoms with Gasteiger partial charge in [0.05, 0.1) is 5.52 Å². The molecule has 3 rings (SSSR count). The highest BCUT2D eigenvalue weighted by molar-refractivity contribution is 5.82. The Bertz CT molecular complexity index is 701. The van der Waals surface area contributed by atoms with E-state index in [4.69, 9.17) is 0 Å². The molecule has 5 heteroatoms. The van der Waals surface area contributed by atoms with Crippen LogP contribution in [0.4, 0.5) is 4.79 Å². The maximum atomic E-state index is 11.8. The number of fused-ring (bicyclic) bond motifs is 1. The van der Waals surface area contributed by atoms with Crippen LogP contribution in [0.5, 0.6) is 0 Å². The predicted molar refractivity (Wildman–Crippen MR) is 71.6 cm³/mol. The number of nitrogens with one attached hydrogen (secondary N) is 1. The van der Waals surface area contributed by atoms with Crippen LogP contribution in [0.15, 0.2) is 55.2 Å². The minimum Gasteiger partial charge on any atom is -0.333 e. The van der Waals surface area contributed by atoms with Gasteiger partial charge in [0.1, 0.15) is 6.33 Å². The Hall–Kier alpha value is -2.69. The SMILES string of the molecule is O=C(NCc1cccc2cccnc12)n1ccnc1. The number of hydrogen-bond acceptors (Lipinski definition) is 3. The fourth-order valence-corrected chi connectivity index (χ4v) is 1.95. The summed E-state index contributed by atoms with van der Waals surface area (Å²) in [5, 5.41) is 3.90. The number of amides is 1. The third-order valence-electron chi connectivity index (χ3n) is 2.89. The first-order valence-electron chi connectivity index (χ1n) is 5.93. The Morgan fingerprint density at radius 3 is 2.95 bits per heavy atom. The molecule has 0 saturated heterocycles. The zero-order chi connectivity index (χ0) is 13.1. The fourth-order valence-electron chi connectivity index (χ4n) is 1.95. The number of imidazole rings is 1. The van der Waals surface area contributed by atoms with Gasteiger partial charge in [0.15, 0.2) is 0 Å². The van der Waals surface area contributed by atoms with Crippen LogP contribution in [0, 0.1) is 0 Å². The summed E-state index contributed by atoms with van der Waals surface area (Å²) in [7, 11) is 0. The molecule has 0 unspecified atom stereocenters. The Morgan fingerprint density at radius 1 is 1.21 bits per heavy atom. The van der Waals surface area contributed by atoms with E-state index in [1.165, 1.54) is 10.9 Å². The lowest BCUT2D eigenvalue weighted by Gasteiger charge is -2.07. The molecule has 1 aromatic carbocycles. The van der Waals surface area contributed by atoms with Crippen molar-refractivity contribution < 1.29 is 4.79 Å². The molecule has 0 aliphatic heterocycles. The molecule has 19 heavy (non-hydrogen) atoms. The van der Waals surface area contributed by atoms with Crippen molar-refractivity contribution in [3.63, 3.8) is 0 Å². The van der Waals surface area contributed by atoms with Crippen molar-refractivity contribution in [3.05, 3.63) is 60.8 Å². The van der Waals surface area contributed by atoms with Gasteiger partial charge in [-0.25, -0.2) is 9.78 Å². The lowest BCUT2D eigenvalue weighted by Crippen LogP contribution is -2.27. The number of carbonyl (C=O) groups excluding carboxylic acids is 1. The highest BCUT2D eigenvalue weighted by Crippen LogP contribution is 2.15. The molecule has 0 atom stereocenters. The monoisotopic (exact) mass is 252 g/mol. The van der Waals surface area contributed by atoms with Crippen LogP contribution < -0.4 is 5.32 Å². The number of hydrogen-bond donors (Lipinski definition) is 1. The van der Waals surface area contributed by atoms with Gasteiger partial charge in [0.25, 0.3) is 0 Å². The number of para-hydroxylation sites is 1. The van der Waals surface area contributed by atoms with Crippen LogP contribution >= 0.6 is 0 Å². The van der Waals surface area contributed by atoms with Gasteiger partial charge in [0.2, 0.25) is 0 Å². The van der Waals surface area contributed by atoms with Crippen LogP contribution in [0.25, 0.3) is 10.9 Å². The second-order valence-corrected chi connectivity index (χ2v) is 4.12. The van der Waals surface area contributed by atoms with E-state index in [9.17, 15) is 4.79 Å². The lowest BCUT2D eigenvalue weighted by atomic mass is 10.1. The number of benzene rings is 1. The summed E-state index contributed by atoms with van der Waals surface area (Å²) in [5.41, 5.74) is 1.91. The van der Waals surface area contributed by atoms with E-state index in [1.54, 1.807) is 18.6 Å². The van der Waals surface area contributed by atoms with Crippen molar-refractivity contribution in [2.45, 2.75) is 6.54 Å². The summed E-state index contributed by atoms with van der Waals surface area (Å²) in [6.07, 6.45) is 6.40. The van der Waals surface area contributed by atoms with E-state index in [0.29, 0.717) is 6.54 Å². The molecule has 1 N–H and O–H groups in total. The van der Waals surface area contributed by atoms with Gasteiger partial charge in [-0.15, -0.1) is 0 Å². The van der Waals surface area contributed by atoms with Crippen molar-refractivity contribution in [1.82, 2.24) is 19.9 Å². The first-order chi connectivity index (χ1) is 9.34. The van der Waals surface area contributed by atoms with E-state index in [0.717, 1.165) is 16.5 Å². The fraction of sp³-hybridized carbons (Fsp3) is 0.0714. The molecule has 5 nitrogen and oxygen atoms in total. The number of carbonyl (C=O) groups is 1. The van der Waals surface area contributed by atoms with Gasteiger partial charge in [-0.3, -0.25) is 9.55 Å². The van der Waals surface area contributed by atoms with E-state index in [2.05, 4.69) is 15.3 Å². The topological polar surface area (TPSA) is 59.8 Å². The van der Waals surface area contributed by atoms with Crippen molar-refractivity contribution in [1.29, 1.82) is 0 Å². The first kappa shape index (κ1) is 11.4. The Morgan fingerprint density at radius 2 is 2.11 bits per heavy atom. The summed E-state index contributed by atoms with van der Waals surface area (Å²) in [5.74, 6) is 0. The number of nitrogens with zero attached hydrogens (tertiary/aromatic N) is 3. The third kappa shape index (κ3) is 2.30. The number of rotatable bonds is 2. The minimum atomic E-state index is -0.203. The van der Waals surface area contributed by atoms with E-state index in [1.807, 2.05) is 30.3 Å². The van der Waals surface area contributed by atoms with Crippen molar-refractivity contribution >= 4 is 16.9 Å². The second kappa shape index (κ2) is 4.89. The molecule has 2 aromatic heterocycles.